The van der Waals surface area contributed by atoms with Crippen LogP contribution < -0.4 is 5.73 Å². The molecule has 4 nitrogen and oxygen atoms in total. The molecule has 0 spiro atoms. The van der Waals surface area contributed by atoms with E-state index in [-0.39, 0.29) is 18.7 Å². The zero-order valence-electron chi connectivity index (χ0n) is 12.0. The van der Waals surface area contributed by atoms with Crippen LogP contribution in [0.3, 0.4) is 0 Å². The minimum Gasteiger partial charge on any atom is -0.438 e. The Hall–Kier alpha value is -2.33. The molecule has 0 heterocycles. The normalized spacial score (nSPS) is 11.9. The summed E-state index contributed by atoms with van der Waals surface area (Å²) in [5.41, 5.74) is 8.21. The van der Waals surface area contributed by atoms with Gasteiger partial charge in [0.05, 0.1) is 12.5 Å². The second-order valence-corrected chi connectivity index (χ2v) is 4.81. The Morgan fingerprint density at radius 2 is 1.90 bits per heavy atom. The number of nitrogen functional groups attached to an aromatic ring is 1. The van der Waals surface area contributed by atoms with Crippen LogP contribution in [0, 0.1) is 0 Å². The van der Waals surface area contributed by atoms with Gasteiger partial charge < -0.3 is 15.2 Å². The molecule has 21 heavy (non-hydrogen) atoms. The highest BCUT2D eigenvalue weighted by Crippen LogP contribution is 2.19. The number of rotatable bonds is 6. The molecule has 1 atom stereocenters. The van der Waals surface area contributed by atoms with Gasteiger partial charge in [0.25, 0.3) is 0 Å². The lowest BCUT2D eigenvalue weighted by molar-refractivity contribution is -0.158. The maximum atomic E-state index is 11.9. The first kappa shape index (κ1) is 15.1. The van der Waals surface area contributed by atoms with Crippen LogP contribution in [0.1, 0.15) is 24.0 Å². The summed E-state index contributed by atoms with van der Waals surface area (Å²) in [5.74, 6) is -0.692. The van der Waals surface area contributed by atoms with Gasteiger partial charge in [-0.1, -0.05) is 42.5 Å². The van der Waals surface area contributed by atoms with Gasteiger partial charge in [0.15, 0.2) is 6.79 Å². The highest BCUT2D eigenvalue weighted by atomic mass is 16.7. The number of carbonyl (C=O) groups is 1. The van der Waals surface area contributed by atoms with Crippen molar-refractivity contribution in [2.24, 2.45) is 0 Å². The smallest absolute Gasteiger partial charge is 0.315 e. The van der Waals surface area contributed by atoms with Crippen molar-refractivity contribution in [3.63, 3.8) is 0 Å². The third-order valence-electron chi connectivity index (χ3n) is 3.16. The Morgan fingerprint density at radius 3 is 2.62 bits per heavy atom. The fourth-order valence-corrected chi connectivity index (χ4v) is 1.92. The fraction of sp³-hybridized carbons (Fsp3) is 0.235. The zero-order valence-corrected chi connectivity index (χ0v) is 12.0. The van der Waals surface area contributed by atoms with Crippen molar-refractivity contribution in [3.8, 4) is 0 Å². The standard InChI is InChI=1S/C17H19NO3/c1-13(15-8-5-9-16(18)10-15)17(19)21-12-20-11-14-6-3-2-4-7-14/h2-10,13H,11-12,18H2,1H3. The van der Waals surface area contributed by atoms with Crippen LogP contribution in [-0.2, 0) is 20.9 Å². The lowest BCUT2D eigenvalue weighted by atomic mass is 10.0. The second kappa shape index (κ2) is 7.45. The molecule has 0 radical (unpaired) electrons. The molecule has 0 aromatic heterocycles. The quantitative estimate of drug-likeness (QED) is 0.383. The molecule has 0 saturated carbocycles. The van der Waals surface area contributed by atoms with Crippen molar-refractivity contribution in [1.29, 1.82) is 0 Å². The first-order chi connectivity index (χ1) is 10.2. The Morgan fingerprint density at radius 1 is 1.14 bits per heavy atom. The monoisotopic (exact) mass is 285 g/mol. The van der Waals surface area contributed by atoms with E-state index in [1.165, 1.54) is 0 Å². The molecular formula is C17H19NO3. The molecule has 0 amide bonds. The van der Waals surface area contributed by atoms with Gasteiger partial charge in [-0.15, -0.1) is 0 Å². The molecule has 1 unspecified atom stereocenters. The molecule has 0 bridgehead atoms. The SMILES string of the molecule is CC(C(=O)OCOCc1ccccc1)c1cccc(N)c1. The van der Waals surface area contributed by atoms with E-state index in [0.717, 1.165) is 11.1 Å². The lowest BCUT2D eigenvalue weighted by Gasteiger charge is -2.12. The summed E-state index contributed by atoms with van der Waals surface area (Å²) in [6, 6.07) is 17.0. The van der Waals surface area contributed by atoms with Crippen LogP contribution in [0.15, 0.2) is 54.6 Å². The summed E-state index contributed by atoms with van der Waals surface area (Å²) < 4.78 is 10.5. The van der Waals surface area contributed by atoms with Crippen molar-refractivity contribution in [1.82, 2.24) is 0 Å². The Kier molecular flexibility index (Phi) is 5.35. The number of ether oxygens (including phenoxy) is 2. The van der Waals surface area contributed by atoms with Crippen LogP contribution in [-0.4, -0.2) is 12.8 Å². The molecule has 0 aliphatic heterocycles. The van der Waals surface area contributed by atoms with E-state index in [1.807, 2.05) is 42.5 Å². The number of anilines is 1. The van der Waals surface area contributed by atoms with Crippen molar-refractivity contribution in [2.45, 2.75) is 19.4 Å². The van der Waals surface area contributed by atoms with Gasteiger partial charge in [-0.2, -0.15) is 0 Å². The van der Waals surface area contributed by atoms with Crippen LogP contribution in [0.5, 0.6) is 0 Å². The molecule has 4 heteroatoms. The molecule has 2 aromatic rings. The van der Waals surface area contributed by atoms with Crippen LogP contribution in [0.2, 0.25) is 0 Å². The second-order valence-electron chi connectivity index (χ2n) is 4.81. The van der Waals surface area contributed by atoms with E-state index in [4.69, 9.17) is 15.2 Å². The first-order valence-corrected chi connectivity index (χ1v) is 6.80. The third kappa shape index (κ3) is 4.61. The Balaban J connectivity index is 1.77. The molecule has 2 N–H and O–H groups in total. The van der Waals surface area contributed by atoms with Gasteiger partial charge in [-0.05, 0) is 30.2 Å². The fourth-order valence-electron chi connectivity index (χ4n) is 1.92. The number of carbonyl (C=O) groups excluding carboxylic acids is 1. The molecule has 2 aromatic carbocycles. The number of hydrogen-bond acceptors (Lipinski definition) is 4. The van der Waals surface area contributed by atoms with Gasteiger partial charge in [0.2, 0.25) is 0 Å². The molecule has 0 aliphatic rings. The summed E-state index contributed by atoms with van der Waals surface area (Å²) in [7, 11) is 0. The number of hydrogen-bond donors (Lipinski definition) is 1. The Labute approximate surface area is 124 Å². The summed E-state index contributed by atoms with van der Waals surface area (Å²) in [4.78, 5) is 11.9. The van der Waals surface area contributed by atoms with E-state index in [9.17, 15) is 4.79 Å². The molecule has 110 valence electrons. The van der Waals surface area contributed by atoms with Crippen LogP contribution >= 0.6 is 0 Å². The summed E-state index contributed by atoms with van der Waals surface area (Å²) in [5, 5.41) is 0. The highest BCUT2D eigenvalue weighted by molar-refractivity contribution is 5.78. The van der Waals surface area contributed by atoms with Crippen molar-refractivity contribution < 1.29 is 14.3 Å². The first-order valence-electron chi connectivity index (χ1n) is 6.80. The predicted molar refractivity (Wildman–Crippen MR) is 81.5 cm³/mol. The van der Waals surface area contributed by atoms with Gasteiger partial charge in [0.1, 0.15) is 0 Å². The van der Waals surface area contributed by atoms with E-state index >= 15 is 0 Å². The van der Waals surface area contributed by atoms with Crippen LogP contribution in [0.4, 0.5) is 5.69 Å². The van der Waals surface area contributed by atoms with E-state index in [1.54, 1.807) is 19.1 Å². The number of nitrogens with two attached hydrogens (primary N) is 1. The summed E-state index contributed by atoms with van der Waals surface area (Å²) in [6.07, 6.45) is 0. The van der Waals surface area contributed by atoms with Crippen molar-refractivity contribution in [2.75, 3.05) is 12.5 Å². The highest BCUT2D eigenvalue weighted by Gasteiger charge is 2.16. The van der Waals surface area contributed by atoms with Gasteiger partial charge in [0, 0.05) is 5.69 Å². The molecule has 0 saturated heterocycles. The number of esters is 1. The maximum absolute atomic E-state index is 11.9. The number of benzene rings is 2. The minimum atomic E-state index is -0.367. The average Bonchev–Trinajstić information content (AvgIpc) is 2.51. The molecular weight excluding hydrogens is 266 g/mol. The van der Waals surface area contributed by atoms with Gasteiger partial charge >= 0.3 is 5.97 Å². The Bertz CT molecular complexity index is 584. The van der Waals surface area contributed by atoms with Gasteiger partial charge in [-0.25, -0.2) is 0 Å². The summed E-state index contributed by atoms with van der Waals surface area (Å²) in [6.45, 7) is 2.15. The van der Waals surface area contributed by atoms with E-state index < -0.39 is 0 Å². The van der Waals surface area contributed by atoms with Gasteiger partial charge in [-0.3, -0.25) is 4.79 Å². The van der Waals surface area contributed by atoms with E-state index in [2.05, 4.69) is 0 Å². The summed E-state index contributed by atoms with van der Waals surface area (Å²) >= 11 is 0. The zero-order chi connectivity index (χ0) is 15.1. The minimum absolute atomic E-state index is 0.0552. The van der Waals surface area contributed by atoms with Crippen LogP contribution in [0.25, 0.3) is 0 Å². The maximum Gasteiger partial charge on any atom is 0.315 e. The molecule has 2 rings (SSSR count). The van der Waals surface area contributed by atoms with Crippen molar-refractivity contribution >= 4 is 11.7 Å². The molecule has 0 aliphatic carbocycles. The van der Waals surface area contributed by atoms with Crippen molar-refractivity contribution in [3.05, 3.63) is 65.7 Å². The molecule has 0 fully saturated rings. The predicted octanol–water partition coefficient (Wildman–Crippen LogP) is 3.09. The lowest BCUT2D eigenvalue weighted by Crippen LogP contribution is -2.15. The topological polar surface area (TPSA) is 61.5 Å². The van der Waals surface area contributed by atoms with E-state index in [0.29, 0.717) is 12.3 Å². The largest absolute Gasteiger partial charge is 0.438 e. The average molecular weight is 285 g/mol. The third-order valence-corrected chi connectivity index (χ3v) is 3.16.